The highest BCUT2D eigenvalue weighted by molar-refractivity contribution is 4.92. The summed E-state index contributed by atoms with van der Waals surface area (Å²) in [7, 11) is 0. The van der Waals surface area contributed by atoms with Gasteiger partial charge in [-0.3, -0.25) is 0 Å². The second-order valence-corrected chi connectivity index (χ2v) is 6.44. The van der Waals surface area contributed by atoms with Crippen molar-refractivity contribution < 1.29 is 19.7 Å². The minimum Gasteiger partial charge on any atom is -0.394 e. The lowest BCUT2D eigenvalue weighted by Crippen LogP contribution is -2.48. The molecule has 0 amide bonds. The third-order valence-electron chi connectivity index (χ3n) is 4.17. The summed E-state index contributed by atoms with van der Waals surface area (Å²) in [5, 5.41) is 22.8. The van der Waals surface area contributed by atoms with Crippen molar-refractivity contribution in [2.75, 3.05) is 13.2 Å². The van der Waals surface area contributed by atoms with Gasteiger partial charge in [-0.15, -0.1) is 0 Å². The Bertz CT molecular complexity index is 281. The van der Waals surface area contributed by atoms with Crippen molar-refractivity contribution in [3.63, 3.8) is 0 Å². The number of aliphatic hydroxyl groups excluding tert-OH is 2. The molecule has 4 atom stereocenters. The van der Waals surface area contributed by atoms with Gasteiger partial charge in [-0.05, 0) is 25.3 Å². The van der Waals surface area contributed by atoms with E-state index in [1.54, 1.807) is 0 Å². The average molecular weight is 287 g/mol. The first-order chi connectivity index (χ1) is 9.61. The Kier molecular flexibility index (Phi) is 6.23. The van der Waals surface area contributed by atoms with Crippen LogP contribution in [-0.4, -0.2) is 54.0 Å². The summed E-state index contributed by atoms with van der Waals surface area (Å²) in [4.78, 5) is 0. The van der Waals surface area contributed by atoms with Crippen molar-refractivity contribution in [3.8, 4) is 0 Å². The van der Waals surface area contributed by atoms with Crippen molar-refractivity contribution in [2.24, 2.45) is 5.92 Å². The Morgan fingerprint density at radius 3 is 2.55 bits per heavy atom. The van der Waals surface area contributed by atoms with Crippen LogP contribution < -0.4 is 5.32 Å². The van der Waals surface area contributed by atoms with E-state index < -0.39 is 18.5 Å². The fourth-order valence-corrected chi connectivity index (χ4v) is 2.98. The van der Waals surface area contributed by atoms with Crippen LogP contribution in [0.15, 0.2) is 0 Å². The summed E-state index contributed by atoms with van der Waals surface area (Å²) >= 11 is 0. The fraction of sp³-hybridized carbons (Fsp3) is 1.00. The summed E-state index contributed by atoms with van der Waals surface area (Å²) < 4.78 is 11.7. The Balaban J connectivity index is 1.92. The molecule has 5 nitrogen and oxygen atoms in total. The van der Waals surface area contributed by atoms with E-state index in [-0.39, 0.29) is 18.8 Å². The summed E-state index contributed by atoms with van der Waals surface area (Å²) in [6.07, 6.45) is 4.32. The van der Waals surface area contributed by atoms with Crippen LogP contribution in [0, 0.1) is 5.92 Å². The molecular formula is C15H29NO4. The topological polar surface area (TPSA) is 71.0 Å². The normalized spacial score (nSPS) is 35.9. The molecule has 1 saturated carbocycles. The van der Waals surface area contributed by atoms with E-state index in [9.17, 15) is 10.2 Å². The zero-order chi connectivity index (χ0) is 14.5. The van der Waals surface area contributed by atoms with Crippen molar-refractivity contribution in [1.82, 2.24) is 5.32 Å². The van der Waals surface area contributed by atoms with Crippen molar-refractivity contribution in [2.45, 2.75) is 76.6 Å². The highest BCUT2D eigenvalue weighted by Crippen LogP contribution is 2.28. The van der Waals surface area contributed by atoms with E-state index in [1.807, 2.05) is 0 Å². The molecule has 0 aromatic heterocycles. The largest absolute Gasteiger partial charge is 0.394 e. The number of hydrogen-bond acceptors (Lipinski definition) is 5. The van der Waals surface area contributed by atoms with Crippen LogP contribution >= 0.6 is 0 Å². The number of hydrogen-bond donors (Lipinski definition) is 3. The van der Waals surface area contributed by atoms with Gasteiger partial charge in [-0.25, -0.2) is 0 Å². The van der Waals surface area contributed by atoms with Crippen molar-refractivity contribution in [3.05, 3.63) is 0 Å². The zero-order valence-electron chi connectivity index (χ0n) is 12.6. The van der Waals surface area contributed by atoms with E-state index >= 15 is 0 Å². The van der Waals surface area contributed by atoms with E-state index in [2.05, 4.69) is 19.2 Å². The molecular weight excluding hydrogens is 258 g/mol. The lowest BCUT2D eigenvalue weighted by atomic mass is 9.97. The lowest BCUT2D eigenvalue weighted by Gasteiger charge is -2.29. The molecule has 0 bridgehead atoms. The molecule has 20 heavy (non-hydrogen) atoms. The van der Waals surface area contributed by atoms with E-state index in [0.717, 1.165) is 19.4 Å². The monoisotopic (exact) mass is 287 g/mol. The summed E-state index contributed by atoms with van der Waals surface area (Å²) in [6, 6.07) is -0.253. The van der Waals surface area contributed by atoms with Gasteiger partial charge in [-0.1, -0.05) is 33.1 Å². The maximum absolute atomic E-state index is 10.2. The molecule has 0 spiro atoms. The van der Waals surface area contributed by atoms with Crippen LogP contribution in [0.4, 0.5) is 0 Å². The minimum atomic E-state index is -0.715. The molecule has 2 aliphatic rings. The number of aliphatic hydroxyl groups is 2. The summed E-state index contributed by atoms with van der Waals surface area (Å²) in [6.45, 7) is 4.87. The predicted octanol–water partition coefficient (Wildman–Crippen LogP) is 1.03. The van der Waals surface area contributed by atoms with Gasteiger partial charge >= 0.3 is 0 Å². The third kappa shape index (κ3) is 4.15. The molecule has 118 valence electrons. The van der Waals surface area contributed by atoms with Gasteiger partial charge < -0.3 is 25.0 Å². The molecule has 0 aromatic carbocycles. The minimum absolute atomic E-state index is 0.175. The molecule has 0 radical (unpaired) electrons. The first-order valence-electron chi connectivity index (χ1n) is 7.95. The fourth-order valence-electron chi connectivity index (χ4n) is 2.98. The van der Waals surface area contributed by atoms with Crippen LogP contribution in [-0.2, 0) is 9.47 Å². The Morgan fingerprint density at radius 2 is 1.95 bits per heavy atom. The molecule has 0 aromatic rings. The van der Waals surface area contributed by atoms with Crippen LogP contribution in [0.1, 0.15) is 46.0 Å². The second-order valence-electron chi connectivity index (χ2n) is 6.44. The van der Waals surface area contributed by atoms with E-state index in [0.29, 0.717) is 5.92 Å². The Morgan fingerprint density at radius 1 is 1.25 bits per heavy atom. The predicted molar refractivity (Wildman–Crippen MR) is 76.3 cm³/mol. The van der Waals surface area contributed by atoms with Gasteiger partial charge in [0.1, 0.15) is 12.2 Å². The average Bonchev–Trinajstić information content (AvgIpc) is 2.73. The first-order valence-corrected chi connectivity index (χ1v) is 7.95. The highest BCUT2D eigenvalue weighted by atomic mass is 16.7. The van der Waals surface area contributed by atoms with Crippen molar-refractivity contribution in [1.29, 1.82) is 0 Å². The quantitative estimate of drug-likeness (QED) is 0.680. The van der Waals surface area contributed by atoms with Crippen LogP contribution in [0.25, 0.3) is 0 Å². The van der Waals surface area contributed by atoms with Crippen molar-refractivity contribution >= 4 is 0 Å². The standard InChI is InChI=1S/C15H29NO4/c1-10(2)8-16-13-14(18)12(9-17)20-15(13)19-11-6-4-3-5-7-11/h10-18H,3-9H2,1-2H3/t12-,13+,14+,15+/m1/s1. The van der Waals surface area contributed by atoms with Crippen LogP contribution in [0.2, 0.25) is 0 Å². The van der Waals surface area contributed by atoms with Gasteiger partial charge in [-0.2, -0.15) is 0 Å². The lowest BCUT2D eigenvalue weighted by molar-refractivity contribution is -0.180. The number of ether oxygens (including phenoxy) is 2. The van der Waals surface area contributed by atoms with Gasteiger partial charge in [0.2, 0.25) is 0 Å². The molecule has 1 aliphatic carbocycles. The molecule has 0 unspecified atom stereocenters. The van der Waals surface area contributed by atoms with Crippen LogP contribution in [0.5, 0.6) is 0 Å². The van der Waals surface area contributed by atoms with Gasteiger partial charge in [0.15, 0.2) is 6.29 Å². The molecule has 1 aliphatic heterocycles. The number of rotatable bonds is 6. The zero-order valence-corrected chi connectivity index (χ0v) is 12.6. The summed E-state index contributed by atoms with van der Waals surface area (Å²) in [5.41, 5.74) is 0. The summed E-state index contributed by atoms with van der Waals surface area (Å²) in [5.74, 6) is 0.491. The molecule has 5 heteroatoms. The molecule has 1 saturated heterocycles. The maximum Gasteiger partial charge on any atom is 0.176 e. The third-order valence-corrected chi connectivity index (χ3v) is 4.17. The van der Waals surface area contributed by atoms with Gasteiger partial charge in [0.25, 0.3) is 0 Å². The highest BCUT2D eigenvalue weighted by Gasteiger charge is 2.44. The molecule has 3 N–H and O–H groups in total. The Labute approximate surface area is 121 Å². The Hall–Kier alpha value is -0.200. The van der Waals surface area contributed by atoms with E-state index in [4.69, 9.17) is 9.47 Å². The van der Waals surface area contributed by atoms with E-state index in [1.165, 1.54) is 19.3 Å². The molecule has 2 fully saturated rings. The van der Waals surface area contributed by atoms with Gasteiger partial charge in [0.05, 0.1) is 18.8 Å². The van der Waals surface area contributed by atoms with Crippen LogP contribution in [0.3, 0.4) is 0 Å². The number of nitrogens with one attached hydrogen (secondary N) is 1. The maximum atomic E-state index is 10.2. The second kappa shape index (κ2) is 7.71. The van der Waals surface area contributed by atoms with Gasteiger partial charge in [0, 0.05) is 0 Å². The smallest absolute Gasteiger partial charge is 0.176 e. The molecule has 2 rings (SSSR count). The molecule has 1 heterocycles. The first kappa shape index (κ1) is 16.2. The SMILES string of the molecule is CC(C)CN[C@@H]1[C@@H](OC2CCCCC2)O[C@H](CO)[C@@H]1O.